The fourth-order valence-corrected chi connectivity index (χ4v) is 4.98. The summed E-state index contributed by atoms with van der Waals surface area (Å²) in [6.45, 7) is 5.14. The molecule has 2 aliphatic heterocycles. The average Bonchev–Trinajstić information content (AvgIpc) is 3.19. The molecule has 3 heterocycles. The molecule has 0 saturated carbocycles. The van der Waals surface area contributed by atoms with E-state index in [0.29, 0.717) is 58.0 Å². The van der Waals surface area contributed by atoms with Gasteiger partial charge < -0.3 is 14.6 Å². The molecule has 25 heavy (non-hydrogen) atoms. The maximum atomic E-state index is 12.7. The van der Waals surface area contributed by atoms with Crippen LogP contribution < -0.4 is 5.32 Å². The van der Waals surface area contributed by atoms with Gasteiger partial charge in [0.05, 0.1) is 6.54 Å². The Bertz CT molecular complexity index is 697. The Morgan fingerprint density at radius 2 is 1.72 bits per heavy atom. The molecule has 1 aromatic rings. The van der Waals surface area contributed by atoms with Crippen LogP contribution in [0.25, 0.3) is 0 Å². The standard InChI is InChI=1S/C16H26N4O4S/c1-14-5-6-15(24-14)13-17-16(21)18-7-4-10-20(12-11-18)25(22,23)19-8-2-3-9-19/h5-6H,2-4,7-13H2,1H3,(H,17,21). The van der Waals surface area contributed by atoms with Crippen LogP contribution >= 0.6 is 0 Å². The number of nitrogens with zero attached hydrogens (tertiary/aromatic N) is 3. The average molecular weight is 370 g/mol. The third-order valence-corrected chi connectivity index (χ3v) is 6.70. The first-order valence-electron chi connectivity index (χ1n) is 8.80. The third kappa shape index (κ3) is 4.34. The predicted molar refractivity (Wildman–Crippen MR) is 93.2 cm³/mol. The Labute approximate surface area is 148 Å². The summed E-state index contributed by atoms with van der Waals surface area (Å²) in [4.78, 5) is 14.0. The number of rotatable bonds is 4. The molecule has 0 spiro atoms. The minimum absolute atomic E-state index is 0.186. The molecule has 1 N–H and O–H groups in total. The van der Waals surface area contributed by atoms with E-state index in [1.807, 2.05) is 19.1 Å². The Morgan fingerprint density at radius 1 is 1.04 bits per heavy atom. The van der Waals surface area contributed by atoms with Crippen LogP contribution in [0.1, 0.15) is 30.8 Å². The smallest absolute Gasteiger partial charge is 0.317 e. The summed E-state index contributed by atoms with van der Waals surface area (Å²) in [6.07, 6.45) is 2.49. The molecule has 0 bridgehead atoms. The molecular formula is C16H26N4O4S. The van der Waals surface area contributed by atoms with Gasteiger partial charge >= 0.3 is 6.03 Å². The summed E-state index contributed by atoms with van der Waals surface area (Å²) < 4.78 is 33.8. The molecule has 0 aromatic carbocycles. The van der Waals surface area contributed by atoms with Gasteiger partial charge in [0, 0.05) is 39.3 Å². The van der Waals surface area contributed by atoms with Gasteiger partial charge in [0.1, 0.15) is 11.5 Å². The Kier molecular flexibility index (Phi) is 5.65. The zero-order valence-electron chi connectivity index (χ0n) is 14.6. The van der Waals surface area contributed by atoms with Crippen LogP contribution in [0, 0.1) is 6.92 Å². The van der Waals surface area contributed by atoms with Crippen molar-refractivity contribution in [3.63, 3.8) is 0 Å². The summed E-state index contributed by atoms with van der Waals surface area (Å²) in [6, 6.07) is 3.51. The molecule has 2 amide bonds. The topological polar surface area (TPSA) is 86.1 Å². The lowest BCUT2D eigenvalue weighted by atomic mass is 10.4. The minimum Gasteiger partial charge on any atom is -0.465 e. The third-order valence-electron chi connectivity index (χ3n) is 4.67. The molecule has 0 atom stereocenters. The molecular weight excluding hydrogens is 344 g/mol. The Morgan fingerprint density at radius 3 is 2.40 bits per heavy atom. The minimum atomic E-state index is -3.39. The van der Waals surface area contributed by atoms with Crippen LogP contribution in [-0.2, 0) is 16.8 Å². The first kappa shape index (κ1) is 18.2. The number of carbonyl (C=O) groups is 1. The van der Waals surface area contributed by atoms with E-state index in [9.17, 15) is 13.2 Å². The van der Waals surface area contributed by atoms with E-state index < -0.39 is 10.2 Å². The van der Waals surface area contributed by atoms with E-state index in [0.717, 1.165) is 18.6 Å². The molecule has 140 valence electrons. The maximum Gasteiger partial charge on any atom is 0.317 e. The summed E-state index contributed by atoms with van der Waals surface area (Å²) >= 11 is 0. The number of furan rings is 1. The number of hydrogen-bond acceptors (Lipinski definition) is 4. The van der Waals surface area contributed by atoms with Gasteiger partial charge in [-0.15, -0.1) is 0 Å². The molecule has 0 unspecified atom stereocenters. The van der Waals surface area contributed by atoms with Crippen molar-refractivity contribution in [2.45, 2.75) is 32.7 Å². The number of amides is 2. The quantitative estimate of drug-likeness (QED) is 0.861. The van der Waals surface area contributed by atoms with Crippen LogP contribution in [0.2, 0.25) is 0 Å². The fraction of sp³-hybridized carbons (Fsp3) is 0.688. The van der Waals surface area contributed by atoms with Crippen LogP contribution in [0.3, 0.4) is 0 Å². The largest absolute Gasteiger partial charge is 0.465 e. The normalized spacial score (nSPS) is 20.6. The molecule has 2 fully saturated rings. The highest BCUT2D eigenvalue weighted by molar-refractivity contribution is 7.86. The Balaban J connectivity index is 1.53. The maximum absolute atomic E-state index is 12.7. The van der Waals surface area contributed by atoms with Gasteiger partial charge in [0.25, 0.3) is 10.2 Å². The monoisotopic (exact) mass is 370 g/mol. The first-order valence-corrected chi connectivity index (χ1v) is 10.2. The highest BCUT2D eigenvalue weighted by Crippen LogP contribution is 2.18. The lowest BCUT2D eigenvalue weighted by molar-refractivity contribution is 0.199. The second-order valence-electron chi connectivity index (χ2n) is 6.52. The lowest BCUT2D eigenvalue weighted by Gasteiger charge is -2.26. The second kappa shape index (κ2) is 7.76. The predicted octanol–water partition coefficient (Wildman–Crippen LogP) is 1.15. The molecule has 9 heteroatoms. The van der Waals surface area contributed by atoms with Crippen molar-refractivity contribution in [3.8, 4) is 0 Å². The molecule has 2 saturated heterocycles. The molecule has 0 radical (unpaired) electrons. The van der Waals surface area contributed by atoms with Gasteiger partial charge in [0.15, 0.2) is 0 Å². The number of carbonyl (C=O) groups excluding carboxylic acids is 1. The summed E-state index contributed by atoms with van der Waals surface area (Å²) in [7, 11) is -3.39. The molecule has 3 rings (SSSR count). The van der Waals surface area contributed by atoms with E-state index in [-0.39, 0.29) is 6.03 Å². The number of aryl methyl sites for hydroxylation is 1. The van der Waals surface area contributed by atoms with Crippen molar-refractivity contribution in [1.29, 1.82) is 0 Å². The Hall–Kier alpha value is -1.58. The van der Waals surface area contributed by atoms with Crippen molar-refractivity contribution in [1.82, 2.24) is 18.8 Å². The fourth-order valence-electron chi connectivity index (χ4n) is 3.26. The zero-order valence-corrected chi connectivity index (χ0v) is 15.4. The molecule has 2 aliphatic rings. The van der Waals surface area contributed by atoms with Crippen LogP contribution in [-0.4, -0.2) is 67.2 Å². The molecule has 1 aromatic heterocycles. The zero-order chi connectivity index (χ0) is 17.9. The second-order valence-corrected chi connectivity index (χ2v) is 8.45. The lowest BCUT2D eigenvalue weighted by Crippen LogP contribution is -2.45. The number of urea groups is 1. The van der Waals surface area contributed by atoms with E-state index in [1.54, 1.807) is 9.21 Å². The highest BCUT2D eigenvalue weighted by atomic mass is 32.2. The summed E-state index contributed by atoms with van der Waals surface area (Å²) in [5, 5.41) is 2.83. The van der Waals surface area contributed by atoms with Gasteiger partial charge in [-0.25, -0.2) is 4.79 Å². The van der Waals surface area contributed by atoms with Crippen molar-refractivity contribution in [2.75, 3.05) is 39.3 Å². The van der Waals surface area contributed by atoms with Crippen molar-refractivity contribution in [3.05, 3.63) is 23.7 Å². The van der Waals surface area contributed by atoms with Crippen molar-refractivity contribution < 1.29 is 17.6 Å². The summed E-state index contributed by atoms with van der Waals surface area (Å²) in [5.74, 6) is 1.51. The summed E-state index contributed by atoms with van der Waals surface area (Å²) in [5.41, 5.74) is 0. The van der Waals surface area contributed by atoms with Crippen LogP contribution in [0.15, 0.2) is 16.5 Å². The number of hydrogen-bond donors (Lipinski definition) is 1. The highest BCUT2D eigenvalue weighted by Gasteiger charge is 2.33. The van der Waals surface area contributed by atoms with Crippen LogP contribution in [0.4, 0.5) is 4.79 Å². The molecule has 0 aliphatic carbocycles. The van der Waals surface area contributed by atoms with Gasteiger partial charge in [-0.2, -0.15) is 17.0 Å². The number of nitrogens with one attached hydrogen (secondary N) is 1. The van der Waals surface area contributed by atoms with Gasteiger partial charge in [-0.3, -0.25) is 0 Å². The van der Waals surface area contributed by atoms with Gasteiger partial charge in [0.2, 0.25) is 0 Å². The van der Waals surface area contributed by atoms with E-state index >= 15 is 0 Å². The van der Waals surface area contributed by atoms with Crippen molar-refractivity contribution >= 4 is 16.2 Å². The van der Waals surface area contributed by atoms with Gasteiger partial charge in [-0.1, -0.05) is 0 Å². The van der Waals surface area contributed by atoms with Crippen LogP contribution in [0.5, 0.6) is 0 Å². The first-order chi connectivity index (χ1) is 12.0. The van der Waals surface area contributed by atoms with E-state index in [2.05, 4.69) is 5.32 Å². The van der Waals surface area contributed by atoms with E-state index in [1.165, 1.54) is 4.31 Å². The van der Waals surface area contributed by atoms with Crippen molar-refractivity contribution in [2.24, 2.45) is 0 Å². The SMILES string of the molecule is Cc1ccc(CNC(=O)N2CCCN(S(=O)(=O)N3CCCC3)CC2)o1. The van der Waals surface area contributed by atoms with E-state index in [4.69, 9.17) is 4.42 Å². The molecule has 8 nitrogen and oxygen atoms in total. The van der Waals surface area contributed by atoms with Gasteiger partial charge in [-0.05, 0) is 38.3 Å².